The molecule has 10 nitrogen and oxygen atoms in total. The van der Waals surface area contributed by atoms with Crippen LogP contribution in [0.3, 0.4) is 0 Å². The second-order valence-corrected chi connectivity index (χ2v) is 9.85. The topological polar surface area (TPSA) is 152 Å². The summed E-state index contributed by atoms with van der Waals surface area (Å²) in [6, 6.07) is 8.35. The van der Waals surface area contributed by atoms with Crippen LogP contribution in [0.15, 0.2) is 30.5 Å². The molecule has 0 aliphatic heterocycles. The summed E-state index contributed by atoms with van der Waals surface area (Å²) in [5, 5.41) is 5.47. The maximum absolute atomic E-state index is 9.63. The Bertz CT molecular complexity index is 898. The highest BCUT2D eigenvalue weighted by molar-refractivity contribution is 7.60. The Kier molecular flexibility index (Phi) is 11.6. The molecule has 0 radical (unpaired) electrons. The van der Waals surface area contributed by atoms with Crippen molar-refractivity contribution >= 4 is 43.8 Å². The number of phosphoric acid groups is 2. The third kappa shape index (κ3) is 11.9. The summed E-state index contributed by atoms with van der Waals surface area (Å²) in [5.74, 6) is 0. The zero-order valence-corrected chi connectivity index (χ0v) is 20.2. The van der Waals surface area contributed by atoms with Crippen LogP contribution in [0.1, 0.15) is 33.6 Å². The molecule has 1 unspecified atom stereocenters. The van der Waals surface area contributed by atoms with Crippen molar-refractivity contribution in [3.8, 4) is 0 Å². The van der Waals surface area contributed by atoms with E-state index in [1.807, 2.05) is 30.5 Å². The largest absolute Gasteiger partial charge is 0.478 e. The smallest absolute Gasteiger partial charge is 0.382 e. The molecule has 1 aromatic carbocycles. The van der Waals surface area contributed by atoms with Crippen molar-refractivity contribution < 1.29 is 33.0 Å². The minimum atomic E-state index is -5.05. The summed E-state index contributed by atoms with van der Waals surface area (Å²) in [5.41, 5.74) is 2.07. The quantitative estimate of drug-likeness (QED) is 0.304. The standard InChI is InChI=1S/C18H26ClN3.H4O7P2/c1-4-22(5-2)12-6-7-14(3)21-17-10-11-20-18-13-15(19)8-9-16(17)18;1-8(2,3)7-9(4,5)6/h8-11,13-14H,4-7,12H2,1-3H3,(H,20,21);(H2,1,2,3)(H2,4,5,6). The van der Waals surface area contributed by atoms with E-state index in [0.717, 1.165) is 41.1 Å². The summed E-state index contributed by atoms with van der Waals surface area (Å²) < 4.78 is 22.2. The van der Waals surface area contributed by atoms with Gasteiger partial charge in [-0.3, -0.25) is 4.98 Å². The molecule has 176 valence electrons. The normalized spacial score (nSPS) is 13.1. The van der Waals surface area contributed by atoms with E-state index in [1.54, 1.807) is 0 Å². The van der Waals surface area contributed by atoms with Gasteiger partial charge in [0.15, 0.2) is 0 Å². The van der Waals surface area contributed by atoms with Gasteiger partial charge in [-0.2, -0.15) is 4.31 Å². The Hall–Kier alpha value is -1.06. The molecule has 2 aromatic rings. The van der Waals surface area contributed by atoms with Gasteiger partial charge in [-0.05, 0) is 63.7 Å². The van der Waals surface area contributed by atoms with Gasteiger partial charge < -0.3 is 29.8 Å². The second kappa shape index (κ2) is 12.8. The molecule has 1 atom stereocenters. The zero-order chi connectivity index (χ0) is 23.7. The number of fused-ring (bicyclic) bond motifs is 1. The molecule has 0 fully saturated rings. The van der Waals surface area contributed by atoms with Gasteiger partial charge in [0.05, 0.1) is 5.52 Å². The maximum atomic E-state index is 9.63. The minimum absolute atomic E-state index is 0.442. The average molecular weight is 498 g/mol. The van der Waals surface area contributed by atoms with E-state index in [9.17, 15) is 9.13 Å². The van der Waals surface area contributed by atoms with Gasteiger partial charge in [0.2, 0.25) is 0 Å². The number of benzene rings is 1. The van der Waals surface area contributed by atoms with Crippen molar-refractivity contribution in [3.05, 3.63) is 35.5 Å². The Morgan fingerprint density at radius 1 is 1.13 bits per heavy atom. The van der Waals surface area contributed by atoms with Gasteiger partial charge in [-0.15, -0.1) is 0 Å². The van der Waals surface area contributed by atoms with Crippen molar-refractivity contribution in [1.82, 2.24) is 9.88 Å². The van der Waals surface area contributed by atoms with Gasteiger partial charge in [-0.1, -0.05) is 25.4 Å². The van der Waals surface area contributed by atoms with E-state index in [1.165, 1.54) is 13.0 Å². The molecule has 5 N–H and O–H groups in total. The van der Waals surface area contributed by atoms with Crippen LogP contribution in [0.2, 0.25) is 5.02 Å². The molecular formula is C18H30ClN3O7P2. The van der Waals surface area contributed by atoms with E-state index >= 15 is 0 Å². The van der Waals surface area contributed by atoms with Gasteiger partial charge >= 0.3 is 15.6 Å². The number of hydrogen-bond donors (Lipinski definition) is 5. The van der Waals surface area contributed by atoms with Crippen molar-refractivity contribution in [2.24, 2.45) is 0 Å². The van der Waals surface area contributed by atoms with Gasteiger partial charge in [-0.25, -0.2) is 9.13 Å². The third-order valence-corrected chi connectivity index (χ3v) is 6.26. The van der Waals surface area contributed by atoms with Gasteiger partial charge in [0.1, 0.15) is 0 Å². The van der Waals surface area contributed by atoms with Crippen molar-refractivity contribution in [2.75, 3.05) is 25.0 Å². The number of nitrogens with one attached hydrogen (secondary N) is 1. The highest BCUT2D eigenvalue weighted by Crippen LogP contribution is 2.53. The van der Waals surface area contributed by atoms with E-state index in [0.29, 0.717) is 6.04 Å². The zero-order valence-electron chi connectivity index (χ0n) is 17.7. The number of anilines is 1. The van der Waals surface area contributed by atoms with Crippen molar-refractivity contribution in [2.45, 2.75) is 39.7 Å². The first-order valence-corrected chi connectivity index (χ1v) is 13.1. The SMILES string of the molecule is CCN(CC)CCCC(C)Nc1ccnc2cc(Cl)ccc12.O=P(O)(O)OP(=O)(O)O. The number of aromatic nitrogens is 1. The molecule has 1 heterocycles. The fourth-order valence-electron chi connectivity index (χ4n) is 2.88. The fraction of sp³-hybridized carbons (Fsp3) is 0.500. The predicted molar refractivity (Wildman–Crippen MR) is 122 cm³/mol. The summed E-state index contributed by atoms with van der Waals surface area (Å²) in [4.78, 5) is 37.9. The maximum Gasteiger partial charge on any atom is 0.478 e. The molecule has 2 rings (SSSR count). The molecule has 0 aliphatic carbocycles. The number of halogens is 1. The summed E-state index contributed by atoms with van der Waals surface area (Å²) in [6.45, 7) is 10.1. The molecule has 1 aromatic heterocycles. The number of nitrogens with zero attached hydrogens (tertiary/aromatic N) is 2. The Labute approximate surface area is 187 Å². The number of hydrogen-bond acceptors (Lipinski definition) is 6. The Balaban J connectivity index is 0.000000452. The Morgan fingerprint density at radius 2 is 1.74 bits per heavy atom. The van der Waals surface area contributed by atoms with Crippen LogP contribution in [-0.2, 0) is 13.4 Å². The molecule has 0 saturated carbocycles. The van der Waals surface area contributed by atoms with Crippen LogP contribution >= 0.6 is 27.2 Å². The van der Waals surface area contributed by atoms with E-state index in [-0.39, 0.29) is 0 Å². The van der Waals surface area contributed by atoms with Gasteiger partial charge in [0.25, 0.3) is 0 Å². The lowest BCUT2D eigenvalue weighted by molar-refractivity contribution is 0.225. The first-order valence-electron chi connectivity index (χ1n) is 9.70. The first-order chi connectivity index (χ1) is 14.3. The van der Waals surface area contributed by atoms with E-state index in [2.05, 4.69) is 40.3 Å². The first kappa shape index (κ1) is 28.0. The van der Waals surface area contributed by atoms with E-state index < -0.39 is 15.6 Å². The molecular weight excluding hydrogens is 468 g/mol. The van der Waals surface area contributed by atoms with Crippen molar-refractivity contribution in [3.63, 3.8) is 0 Å². The third-order valence-electron chi connectivity index (χ3n) is 4.33. The highest BCUT2D eigenvalue weighted by atomic mass is 35.5. The van der Waals surface area contributed by atoms with Crippen molar-refractivity contribution in [1.29, 1.82) is 0 Å². The molecule has 31 heavy (non-hydrogen) atoms. The van der Waals surface area contributed by atoms with Crippen LogP contribution < -0.4 is 5.32 Å². The van der Waals surface area contributed by atoms with Crippen LogP contribution in [-0.4, -0.2) is 55.1 Å². The molecule has 0 saturated heterocycles. The lowest BCUT2D eigenvalue weighted by Crippen LogP contribution is -2.25. The second-order valence-electron chi connectivity index (χ2n) is 6.80. The predicted octanol–water partition coefficient (Wildman–Crippen LogP) is 4.00. The van der Waals surface area contributed by atoms with Crippen LogP contribution in [0.25, 0.3) is 10.9 Å². The Morgan fingerprint density at radius 3 is 2.26 bits per heavy atom. The minimum Gasteiger partial charge on any atom is -0.382 e. The van der Waals surface area contributed by atoms with E-state index in [4.69, 9.17) is 31.2 Å². The summed E-state index contributed by atoms with van der Waals surface area (Å²) >= 11 is 6.04. The number of pyridine rings is 1. The number of rotatable bonds is 10. The van der Waals surface area contributed by atoms with Crippen LogP contribution in [0.4, 0.5) is 5.69 Å². The molecule has 0 spiro atoms. The lowest BCUT2D eigenvalue weighted by Gasteiger charge is -2.20. The van der Waals surface area contributed by atoms with Gasteiger partial charge in [0, 0.05) is 28.3 Å². The summed E-state index contributed by atoms with van der Waals surface area (Å²) in [7, 11) is -10.1. The average Bonchev–Trinajstić information content (AvgIpc) is 2.63. The lowest BCUT2D eigenvalue weighted by atomic mass is 10.1. The van der Waals surface area contributed by atoms with Crippen LogP contribution in [0, 0.1) is 0 Å². The summed E-state index contributed by atoms with van der Waals surface area (Å²) in [6.07, 6.45) is 4.21. The fourth-order valence-corrected chi connectivity index (χ4v) is 4.16. The van der Waals surface area contributed by atoms with Crippen LogP contribution in [0.5, 0.6) is 0 Å². The highest BCUT2D eigenvalue weighted by Gasteiger charge is 2.27. The monoisotopic (exact) mass is 497 g/mol. The molecule has 0 bridgehead atoms. The molecule has 0 amide bonds. The molecule has 0 aliphatic rings. The molecule has 13 heteroatoms.